The molecule has 1 aromatic heterocycles. The van der Waals surface area contributed by atoms with Crippen molar-refractivity contribution >= 4 is 5.91 Å². The fraction of sp³-hybridized carbons (Fsp3) is 0.750. The summed E-state index contributed by atoms with van der Waals surface area (Å²) in [6, 6.07) is 3.05. The Labute approximate surface area is 126 Å². The number of likely N-dealkylation sites (tertiary alicyclic amines) is 1. The van der Waals surface area contributed by atoms with Crippen molar-refractivity contribution < 1.29 is 4.79 Å². The van der Waals surface area contributed by atoms with Gasteiger partial charge in [-0.15, -0.1) is 0 Å². The maximum atomic E-state index is 12.5. The molecule has 1 aliphatic heterocycles. The summed E-state index contributed by atoms with van der Waals surface area (Å²) in [4.78, 5) is 16.8. The van der Waals surface area contributed by atoms with E-state index in [0.29, 0.717) is 18.6 Å². The molecule has 2 heterocycles. The van der Waals surface area contributed by atoms with Crippen molar-refractivity contribution in [2.24, 2.45) is 0 Å². The van der Waals surface area contributed by atoms with Gasteiger partial charge in [0.2, 0.25) is 5.91 Å². The van der Waals surface area contributed by atoms with Crippen molar-refractivity contribution in [1.82, 2.24) is 19.6 Å². The number of aryl methyl sites for hydroxylation is 2. The molecule has 1 saturated carbocycles. The molecule has 1 aliphatic carbocycles. The second-order valence-electron chi connectivity index (χ2n) is 6.64. The van der Waals surface area contributed by atoms with Crippen molar-refractivity contribution in [2.75, 3.05) is 20.1 Å². The minimum atomic E-state index is 0.286. The zero-order valence-corrected chi connectivity index (χ0v) is 13.4. The quantitative estimate of drug-likeness (QED) is 0.827. The lowest BCUT2D eigenvalue weighted by Crippen LogP contribution is -2.43. The first-order valence-electron chi connectivity index (χ1n) is 8.05. The largest absolute Gasteiger partial charge is 0.337 e. The van der Waals surface area contributed by atoms with Crippen LogP contribution in [0.2, 0.25) is 0 Å². The van der Waals surface area contributed by atoms with Gasteiger partial charge in [-0.3, -0.25) is 14.4 Å². The minimum Gasteiger partial charge on any atom is -0.337 e. The molecule has 2 aliphatic rings. The Morgan fingerprint density at radius 1 is 1.38 bits per heavy atom. The Balaban J connectivity index is 1.61. The van der Waals surface area contributed by atoms with Crippen LogP contribution in [0.25, 0.3) is 0 Å². The minimum absolute atomic E-state index is 0.286. The molecule has 1 saturated heterocycles. The topological polar surface area (TPSA) is 41.4 Å². The third-order valence-corrected chi connectivity index (χ3v) is 4.74. The molecular formula is C16H26N4O. The molecule has 1 atom stereocenters. The van der Waals surface area contributed by atoms with Gasteiger partial charge in [-0.25, -0.2) is 0 Å². The van der Waals surface area contributed by atoms with Crippen molar-refractivity contribution in [1.29, 1.82) is 0 Å². The fourth-order valence-corrected chi connectivity index (χ4v) is 3.36. The smallest absolute Gasteiger partial charge is 0.237 e. The molecule has 0 bridgehead atoms. The van der Waals surface area contributed by atoms with Crippen LogP contribution in [0.4, 0.5) is 0 Å². The van der Waals surface area contributed by atoms with Gasteiger partial charge in [-0.2, -0.15) is 5.10 Å². The van der Waals surface area contributed by atoms with Crippen LogP contribution in [-0.2, 0) is 11.3 Å². The van der Waals surface area contributed by atoms with Gasteiger partial charge in [0.15, 0.2) is 0 Å². The van der Waals surface area contributed by atoms with Gasteiger partial charge in [0.25, 0.3) is 0 Å². The summed E-state index contributed by atoms with van der Waals surface area (Å²) in [6.45, 7) is 6.41. The van der Waals surface area contributed by atoms with Gasteiger partial charge in [0.05, 0.1) is 24.8 Å². The van der Waals surface area contributed by atoms with Crippen LogP contribution in [0.3, 0.4) is 0 Å². The van der Waals surface area contributed by atoms with Gasteiger partial charge in [-0.1, -0.05) is 0 Å². The number of hydrogen-bond acceptors (Lipinski definition) is 3. The number of nitrogens with zero attached hydrogens (tertiary/aromatic N) is 4. The van der Waals surface area contributed by atoms with E-state index in [4.69, 9.17) is 0 Å². The predicted molar refractivity (Wildman–Crippen MR) is 82.1 cm³/mol. The van der Waals surface area contributed by atoms with Crippen molar-refractivity contribution in [3.63, 3.8) is 0 Å². The Morgan fingerprint density at radius 3 is 2.76 bits per heavy atom. The number of carbonyl (C=O) groups is 1. The fourth-order valence-electron chi connectivity index (χ4n) is 3.36. The molecule has 116 valence electrons. The van der Waals surface area contributed by atoms with Crippen LogP contribution in [0.15, 0.2) is 6.07 Å². The number of likely N-dealkylation sites (N-methyl/N-ethyl adjacent to an activating group) is 1. The summed E-state index contributed by atoms with van der Waals surface area (Å²) in [5, 5.41) is 4.53. The monoisotopic (exact) mass is 290 g/mol. The SMILES string of the molecule is Cc1cc(C)n(C[C@H]2CCCN2C(=O)CN(C)C2CC2)n1. The van der Waals surface area contributed by atoms with E-state index in [1.807, 2.05) is 6.92 Å². The van der Waals surface area contributed by atoms with Crippen molar-refractivity contribution in [3.8, 4) is 0 Å². The highest BCUT2D eigenvalue weighted by Crippen LogP contribution is 2.26. The lowest BCUT2D eigenvalue weighted by molar-refractivity contribution is -0.133. The number of carbonyl (C=O) groups excluding carboxylic acids is 1. The third kappa shape index (κ3) is 3.28. The van der Waals surface area contributed by atoms with E-state index in [1.54, 1.807) is 0 Å². The average molecular weight is 290 g/mol. The van der Waals surface area contributed by atoms with Gasteiger partial charge >= 0.3 is 0 Å². The molecule has 0 radical (unpaired) electrons. The van der Waals surface area contributed by atoms with E-state index in [1.165, 1.54) is 18.5 Å². The van der Waals surface area contributed by atoms with E-state index in [9.17, 15) is 4.79 Å². The van der Waals surface area contributed by atoms with Gasteiger partial charge < -0.3 is 4.90 Å². The molecule has 21 heavy (non-hydrogen) atoms. The Kier molecular flexibility index (Phi) is 4.02. The van der Waals surface area contributed by atoms with Crippen LogP contribution in [0, 0.1) is 13.8 Å². The molecular weight excluding hydrogens is 264 g/mol. The Bertz CT molecular complexity index is 520. The zero-order valence-electron chi connectivity index (χ0n) is 13.4. The first-order chi connectivity index (χ1) is 10.0. The van der Waals surface area contributed by atoms with E-state index in [2.05, 4.69) is 39.6 Å². The van der Waals surface area contributed by atoms with Crippen LogP contribution in [-0.4, -0.2) is 57.7 Å². The van der Waals surface area contributed by atoms with Crippen LogP contribution in [0.1, 0.15) is 37.1 Å². The standard InChI is InChI=1S/C16H26N4O/c1-12-9-13(2)20(17-12)10-15-5-4-8-19(15)16(21)11-18(3)14-6-7-14/h9,14-15H,4-8,10-11H2,1-3H3/t15-/m1/s1. The average Bonchev–Trinajstić information content (AvgIpc) is 3.10. The molecule has 1 amide bonds. The summed E-state index contributed by atoms with van der Waals surface area (Å²) in [5.41, 5.74) is 2.23. The Morgan fingerprint density at radius 2 is 2.14 bits per heavy atom. The van der Waals surface area contributed by atoms with Crippen molar-refractivity contribution in [2.45, 2.75) is 58.2 Å². The van der Waals surface area contributed by atoms with Crippen LogP contribution in [0.5, 0.6) is 0 Å². The maximum absolute atomic E-state index is 12.5. The highest BCUT2D eigenvalue weighted by atomic mass is 16.2. The maximum Gasteiger partial charge on any atom is 0.237 e. The van der Waals surface area contributed by atoms with E-state index in [-0.39, 0.29) is 5.91 Å². The zero-order chi connectivity index (χ0) is 15.0. The summed E-state index contributed by atoms with van der Waals surface area (Å²) >= 11 is 0. The Hall–Kier alpha value is -1.36. The normalized spacial score (nSPS) is 22.3. The van der Waals surface area contributed by atoms with Crippen LogP contribution < -0.4 is 0 Å². The summed E-state index contributed by atoms with van der Waals surface area (Å²) in [7, 11) is 2.07. The third-order valence-electron chi connectivity index (χ3n) is 4.74. The molecule has 0 unspecified atom stereocenters. The predicted octanol–water partition coefficient (Wildman–Crippen LogP) is 1.59. The number of hydrogen-bond donors (Lipinski definition) is 0. The summed E-state index contributed by atoms with van der Waals surface area (Å²) in [5.74, 6) is 0.286. The highest BCUT2D eigenvalue weighted by Gasteiger charge is 2.33. The van der Waals surface area contributed by atoms with Gasteiger partial charge in [0.1, 0.15) is 0 Å². The molecule has 0 spiro atoms. The lowest BCUT2D eigenvalue weighted by atomic mass is 10.2. The molecule has 0 N–H and O–H groups in total. The molecule has 2 fully saturated rings. The second-order valence-corrected chi connectivity index (χ2v) is 6.64. The number of amides is 1. The highest BCUT2D eigenvalue weighted by molar-refractivity contribution is 5.79. The molecule has 1 aromatic rings. The number of rotatable bonds is 5. The van der Waals surface area contributed by atoms with E-state index in [0.717, 1.165) is 31.6 Å². The van der Waals surface area contributed by atoms with E-state index < -0.39 is 0 Å². The lowest BCUT2D eigenvalue weighted by Gasteiger charge is -2.27. The first kappa shape index (κ1) is 14.6. The first-order valence-corrected chi connectivity index (χ1v) is 8.05. The van der Waals surface area contributed by atoms with E-state index >= 15 is 0 Å². The molecule has 5 heteroatoms. The van der Waals surface area contributed by atoms with Gasteiger partial charge in [-0.05, 0) is 52.6 Å². The molecule has 5 nitrogen and oxygen atoms in total. The van der Waals surface area contributed by atoms with Crippen molar-refractivity contribution in [3.05, 3.63) is 17.5 Å². The second kappa shape index (κ2) is 5.79. The van der Waals surface area contributed by atoms with Gasteiger partial charge in [0, 0.05) is 18.3 Å². The molecule has 0 aromatic carbocycles. The number of aromatic nitrogens is 2. The molecule has 3 rings (SSSR count). The summed E-state index contributed by atoms with van der Waals surface area (Å²) < 4.78 is 2.05. The summed E-state index contributed by atoms with van der Waals surface area (Å²) in [6.07, 6.45) is 4.71. The van der Waals surface area contributed by atoms with Crippen LogP contribution >= 0.6 is 0 Å².